The minimum absolute atomic E-state index is 0.169. The number of hydrogen-bond donors (Lipinski definition) is 3. The number of ether oxygens (including phenoxy) is 1. The number of nitrogen functional groups attached to an aromatic ring is 1. The monoisotopic (exact) mass is 321 g/mol. The first-order valence-electron chi connectivity index (χ1n) is 8.21. The average molecular weight is 321 g/mol. The molecule has 0 heterocycles. The van der Waals surface area contributed by atoms with E-state index < -0.39 is 5.60 Å². The van der Waals surface area contributed by atoms with E-state index in [1.807, 2.05) is 45.0 Å². The Kier molecular flexibility index (Phi) is 7.36. The number of benzene rings is 1. The summed E-state index contributed by atoms with van der Waals surface area (Å²) in [6, 6.07) is 7.98. The van der Waals surface area contributed by atoms with E-state index in [4.69, 9.17) is 10.5 Å². The predicted molar refractivity (Wildman–Crippen MR) is 95.2 cm³/mol. The molecule has 1 aromatic rings. The Bertz CT molecular complexity index is 495. The van der Waals surface area contributed by atoms with Crippen LogP contribution in [0, 0.1) is 5.92 Å². The predicted octanol–water partition coefficient (Wildman–Crippen LogP) is 3.30. The average Bonchev–Trinajstić information content (AvgIpc) is 2.41. The lowest BCUT2D eigenvalue weighted by Gasteiger charge is -2.24. The highest BCUT2D eigenvalue weighted by Crippen LogP contribution is 2.12. The number of carbonyl (C=O) groups is 1. The molecule has 1 aromatic carbocycles. The van der Waals surface area contributed by atoms with Crippen LogP contribution >= 0.6 is 0 Å². The fourth-order valence-electron chi connectivity index (χ4n) is 2.28. The normalized spacial score (nSPS) is 13.0. The van der Waals surface area contributed by atoms with Gasteiger partial charge in [-0.05, 0) is 44.7 Å². The highest BCUT2D eigenvalue weighted by Gasteiger charge is 2.18. The van der Waals surface area contributed by atoms with E-state index in [9.17, 15) is 4.79 Å². The molecule has 4 N–H and O–H groups in total. The fraction of sp³-hybridized carbons (Fsp3) is 0.611. The molecule has 1 atom stereocenters. The molecule has 5 heteroatoms. The van der Waals surface area contributed by atoms with Crippen molar-refractivity contribution < 1.29 is 9.53 Å². The molecular formula is C18H31N3O2. The van der Waals surface area contributed by atoms with Crippen molar-refractivity contribution in [2.45, 2.75) is 59.2 Å². The summed E-state index contributed by atoms with van der Waals surface area (Å²) in [7, 11) is 0. The van der Waals surface area contributed by atoms with E-state index in [0.717, 1.165) is 17.7 Å². The van der Waals surface area contributed by atoms with Gasteiger partial charge in [-0.3, -0.25) is 0 Å². The van der Waals surface area contributed by atoms with Gasteiger partial charge in [-0.25, -0.2) is 4.79 Å². The highest BCUT2D eigenvalue weighted by atomic mass is 16.6. The van der Waals surface area contributed by atoms with Crippen molar-refractivity contribution in [3.05, 3.63) is 29.8 Å². The maximum absolute atomic E-state index is 11.8. The molecule has 0 aromatic heterocycles. The second-order valence-electron chi connectivity index (χ2n) is 7.29. The van der Waals surface area contributed by atoms with Crippen LogP contribution in [0.1, 0.15) is 46.6 Å². The van der Waals surface area contributed by atoms with Crippen LogP contribution in [0.25, 0.3) is 0 Å². The van der Waals surface area contributed by atoms with Gasteiger partial charge in [-0.2, -0.15) is 0 Å². The molecule has 0 aliphatic heterocycles. The summed E-state index contributed by atoms with van der Waals surface area (Å²) < 4.78 is 5.28. The van der Waals surface area contributed by atoms with Crippen molar-refractivity contribution in [2.24, 2.45) is 5.92 Å². The van der Waals surface area contributed by atoms with Gasteiger partial charge in [0.05, 0.1) is 0 Å². The third-order valence-electron chi connectivity index (χ3n) is 3.28. The molecule has 0 aliphatic carbocycles. The maximum atomic E-state index is 11.8. The number of rotatable bonds is 7. The van der Waals surface area contributed by atoms with Crippen LogP contribution in [0.15, 0.2) is 24.3 Å². The Morgan fingerprint density at radius 2 is 1.91 bits per heavy atom. The topological polar surface area (TPSA) is 76.4 Å². The van der Waals surface area contributed by atoms with Gasteiger partial charge in [-0.15, -0.1) is 0 Å². The van der Waals surface area contributed by atoms with Crippen molar-refractivity contribution in [3.63, 3.8) is 0 Å². The van der Waals surface area contributed by atoms with Gasteiger partial charge in [0, 0.05) is 24.8 Å². The molecule has 130 valence electrons. The van der Waals surface area contributed by atoms with Gasteiger partial charge in [0.2, 0.25) is 0 Å². The van der Waals surface area contributed by atoms with Crippen LogP contribution in [0.4, 0.5) is 10.5 Å². The van der Waals surface area contributed by atoms with Crippen LogP contribution in [0.2, 0.25) is 0 Å². The van der Waals surface area contributed by atoms with Crippen LogP contribution in [-0.2, 0) is 11.3 Å². The Morgan fingerprint density at radius 3 is 2.48 bits per heavy atom. The Morgan fingerprint density at radius 1 is 1.26 bits per heavy atom. The second-order valence-corrected chi connectivity index (χ2v) is 7.29. The van der Waals surface area contributed by atoms with Gasteiger partial charge < -0.3 is 21.1 Å². The molecular weight excluding hydrogens is 290 g/mol. The fourth-order valence-corrected chi connectivity index (χ4v) is 2.28. The standard InChI is InChI=1S/C18H31N3O2/c1-13(2)10-15(12-21-17(22)23-18(3,4)5)20-11-14-8-6-7-9-16(14)19/h6-9,13,15,20H,10-12,19H2,1-5H3,(H,21,22). The van der Waals surface area contributed by atoms with Crippen molar-refractivity contribution in [2.75, 3.05) is 12.3 Å². The molecule has 0 radical (unpaired) electrons. The number of carbonyl (C=O) groups excluding carboxylic acids is 1. The summed E-state index contributed by atoms with van der Waals surface area (Å²) in [6.45, 7) is 11.1. The molecule has 23 heavy (non-hydrogen) atoms. The second kappa shape index (κ2) is 8.77. The quantitative estimate of drug-likeness (QED) is 0.674. The Balaban J connectivity index is 2.52. The Labute approximate surface area is 140 Å². The van der Waals surface area contributed by atoms with Gasteiger partial charge in [0.1, 0.15) is 5.60 Å². The summed E-state index contributed by atoms with van der Waals surface area (Å²) in [5.74, 6) is 0.529. The smallest absolute Gasteiger partial charge is 0.407 e. The van der Waals surface area contributed by atoms with Gasteiger partial charge in [0.25, 0.3) is 0 Å². The molecule has 0 bridgehead atoms. The van der Waals surface area contributed by atoms with Gasteiger partial charge in [-0.1, -0.05) is 32.0 Å². The maximum Gasteiger partial charge on any atom is 0.407 e. The van der Waals surface area contributed by atoms with Crippen LogP contribution < -0.4 is 16.4 Å². The molecule has 5 nitrogen and oxygen atoms in total. The molecule has 1 unspecified atom stereocenters. The van der Waals surface area contributed by atoms with E-state index in [1.165, 1.54) is 0 Å². The van der Waals surface area contributed by atoms with Crippen molar-refractivity contribution in [3.8, 4) is 0 Å². The zero-order valence-corrected chi connectivity index (χ0v) is 15.0. The molecule has 1 rings (SSSR count). The van der Waals surface area contributed by atoms with E-state index >= 15 is 0 Å². The first kappa shape index (κ1) is 19.3. The number of alkyl carbamates (subject to hydrolysis) is 1. The van der Waals surface area contributed by atoms with E-state index in [1.54, 1.807) is 0 Å². The number of para-hydroxylation sites is 1. The number of nitrogens with one attached hydrogen (secondary N) is 2. The minimum Gasteiger partial charge on any atom is -0.444 e. The van der Waals surface area contributed by atoms with Gasteiger partial charge in [0.15, 0.2) is 0 Å². The molecule has 0 aliphatic rings. The first-order chi connectivity index (χ1) is 10.7. The minimum atomic E-state index is -0.483. The molecule has 0 saturated heterocycles. The van der Waals surface area contributed by atoms with Crippen molar-refractivity contribution >= 4 is 11.8 Å². The summed E-state index contributed by atoms with van der Waals surface area (Å²) >= 11 is 0. The largest absolute Gasteiger partial charge is 0.444 e. The van der Waals surface area contributed by atoms with E-state index in [2.05, 4.69) is 24.5 Å². The van der Waals surface area contributed by atoms with E-state index in [0.29, 0.717) is 19.0 Å². The van der Waals surface area contributed by atoms with Crippen molar-refractivity contribution in [1.29, 1.82) is 0 Å². The lowest BCUT2D eigenvalue weighted by molar-refractivity contribution is 0.0521. The molecule has 0 saturated carbocycles. The molecule has 1 amide bonds. The number of hydrogen-bond acceptors (Lipinski definition) is 4. The first-order valence-corrected chi connectivity index (χ1v) is 8.21. The zero-order valence-electron chi connectivity index (χ0n) is 15.0. The molecule has 0 fully saturated rings. The van der Waals surface area contributed by atoms with Gasteiger partial charge >= 0.3 is 6.09 Å². The Hall–Kier alpha value is -1.75. The summed E-state index contributed by atoms with van der Waals surface area (Å²) in [6.07, 6.45) is 0.579. The zero-order chi connectivity index (χ0) is 17.5. The summed E-state index contributed by atoms with van der Waals surface area (Å²) in [5, 5.41) is 6.32. The van der Waals surface area contributed by atoms with Crippen molar-refractivity contribution in [1.82, 2.24) is 10.6 Å². The van der Waals surface area contributed by atoms with E-state index in [-0.39, 0.29) is 12.1 Å². The van der Waals surface area contributed by atoms with Crippen LogP contribution in [0.5, 0.6) is 0 Å². The summed E-state index contributed by atoms with van der Waals surface area (Å²) in [4.78, 5) is 11.8. The SMILES string of the molecule is CC(C)CC(CNC(=O)OC(C)(C)C)NCc1ccccc1N. The lowest BCUT2D eigenvalue weighted by Crippen LogP contribution is -2.43. The number of amides is 1. The molecule has 0 spiro atoms. The number of anilines is 1. The highest BCUT2D eigenvalue weighted by molar-refractivity contribution is 5.67. The van der Waals surface area contributed by atoms with Crippen LogP contribution in [-0.4, -0.2) is 24.3 Å². The summed E-state index contributed by atoms with van der Waals surface area (Å²) in [5.41, 5.74) is 7.34. The van der Waals surface area contributed by atoms with Crippen LogP contribution in [0.3, 0.4) is 0 Å². The lowest BCUT2D eigenvalue weighted by atomic mass is 10.0. The third-order valence-corrected chi connectivity index (χ3v) is 3.28. The third kappa shape index (κ3) is 8.45. The number of nitrogens with two attached hydrogens (primary N) is 1.